The maximum absolute atomic E-state index is 11.5. The topological polar surface area (TPSA) is 52.6 Å². The largest absolute Gasteiger partial charge is 0.462 e. The normalized spacial score (nSPS) is 48.0. The minimum Gasteiger partial charge on any atom is -0.462 e. The maximum atomic E-state index is 11.5. The number of carbonyl (C=O) groups excluding carboxylic acids is 2. The molecule has 4 heteroatoms. The van der Waals surface area contributed by atoms with Crippen molar-refractivity contribution in [1.82, 2.24) is 0 Å². The summed E-state index contributed by atoms with van der Waals surface area (Å²) in [6.45, 7) is 3.85. The lowest BCUT2D eigenvalue weighted by Crippen LogP contribution is -2.51. The van der Waals surface area contributed by atoms with E-state index in [1.807, 2.05) is 0 Å². The molecule has 0 unspecified atom stereocenters. The first-order valence-electron chi connectivity index (χ1n) is 9.05. The van der Waals surface area contributed by atoms with Gasteiger partial charge in [0.2, 0.25) is 0 Å². The molecule has 3 aliphatic carbocycles. The molecule has 4 rings (SSSR count). The average Bonchev–Trinajstić information content (AvgIpc) is 2.83. The van der Waals surface area contributed by atoms with Crippen LogP contribution in [0.25, 0.3) is 0 Å². The van der Waals surface area contributed by atoms with Crippen LogP contribution < -0.4 is 0 Å². The lowest BCUT2D eigenvalue weighted by Gasteiger charge is -2.53. The number of hydrogen-bond acceptors (Lipinski definition) is 4. The molecule has 1 heterocycles. The molecule has 0 aromatic carbocycles. The second kappa shape index (κ2) is 5.35. The van der Waals surface area contributed by atoms with E-state index in [1.54, 1.807) is 6.08 Å². The van der Waals surface area contributed by atoms with Gasteiger partial charge < -0.3 is 9.47 Å². The third-order valence-corrected chi connectivity index (χ3v) is 7.14. The zero-order valence-corrected chi connectivity index (χ0v) is 14.0. The van der Waals surface area contributed by atoms with Gasteiger partial charge in [-0.1, -0.05) is 13.0 Å². The van der Waals surface area contributed by atoms with Gasteiger partial charge in [-0.3, -0.25) is 4.79 Å². The van der Waals surface area contributed by atoms with E-state index in [9.17, 15) is 9.59 Å². The molecule has 0 aromatic rings. The molecule has 0 aromatic heterocycles. The van der Waals surface area contributed by atoms with Crippen molar-refractivity contribution in [1.29, 1.82) is 0 Å². The van der Waals surface area contributed by atoms with Crippen LogP contribution in [0.4, 0.5) is 0 Å². The summed E-state index contributed by atoms with van der Waals surface area (Å²) in [5, 5.41) is 0. The van der Waals surface area contributed by atoms with Crippen LogP contribution in [0.1, 0.15) is 52.4 Å². The van der Waals surface area contributed by atoms with E-state index in [4.69, 9.17) is 9.47 Å². The van der Waals surface area contributed by atoms with E-state index in [-0.39, 0.29) is 29.6 Å². The summed E-state index contributed by atoms with van der Waals surface area (Å²) in [5.41, 5.74) is 0.134. The van der Waals surface area contributed by atoms with Crippen LogP contribution in [0.3, 0.4) is 0 Å². The lowest BCUT2D eigenvalue weighted by atomic mass is 9.53. The predicted octanol–water partition coefficient (Wildman–Crippen LogP) is 3.25. The molecule has 23 heavy (non-hydrogen) atoms. The van der Waals surface area contributed by atoms with Gasteiger partial charge in [0, 0.05) is 24.3 Å². The van der Waals surface area contributed by atoms with Gasteiger partial charge in [0.15, 0.2) is 0 Å². The molecular weight excluding hydrogens is 292 g/mol. The molecule has 0 radical (unpaired) electrons. The Labute approximate surface area is 137 Å². The highest BCUT2D eigenvalue weighted by molar-refractivity contribution is 5.83. The second-order valence-electron chi connectivity index (χ2n) is 8.14. The molecule has 0 spiro atoms. The van der Waals surface area contributed by atoms with Crippen LogP contribution in [-0.2, 0) is 19.1 Å². The van der Waals surface area contributed by atoms with Crippen LogP contribution in [0.5, 0.6) is 0 Å². The number of rotatable bonds is 1. The monoisotopic (exact) mass is 318 g/mol. The van der Waals surface area contributed by atoms with Crippen LogP contribution in [0, 0.1) is 29.1 Å². The number of carbonyl (C=O) groups is 2. The number of fused-ring (bicyclic) bond motifs is 5. The number of ether oxygens (including phenoxy) is 2. The van der Waals surface area contributed by atoms with Gasteiger partial charge >= 0.3 is 11.9 Å². The van der Waals surface area contributed by atoms with Gasteiger partial charge in [0.25, 0.3) is 0 Å². The average molecular weight is 318 g/mol. The van der Waals surface area contributed by atoms with Gasteiger partial charge in [-0.2, -0.15) is 0 Å². The fourth-order valence-corrected chi connectivity index (χ4v) is 6.16. The Kier molecular flexibility index (Phi) is 3.54. The number of hydrogen-bond donors (Lipinski definition) is 0. The second-order valence-corrected chi connectivity index (χ2v) is 8.14. The summed E-state index contributed by atoms with van der Waals surface area (Å²) >= 11 is 0. The Bertz CT molecular complexity index is 554. The highest BCUT2D eigenvalue weighted by Crippen LogP contribution is 2.61. The molecule has 0 bridgehead atoms. The van der Waals surface area contributed by atoms with Crippen LogP contribution in [-0.4, -0.2) is 24.1 Å². The summed E-state index contributed by atoms with van der Waals surface area (Å²) in [5.74, 6) is 2.00. The molecule has 7 atom stereocenters. The van der Waals surface area contributed by atoms with Crippen LogP contribution in [0.15, 0.2) is 12.2 Å². The van der Waals surface area contributed by atoms with Crippen molar-refractivity contribution in [3.05, 3.63) is 12.2 Å². The van der Waals surface area contributed by atoms with E-state index in [0.717, 1.165) is 38.5 Å². The van der Waals surface area contributed by atoms with Crippen molar-refractivity contribution >= 4 is 11.9 Å². The predicted molar refractivity (Wildman–Crippen MR) is 84.3 cm³/mol. The summed E-state index contributed by atoms with van der Waals surface area (Å²) in [4.78, 5) is 22.9. The highest BCUT2D eigenvalue weighted by Gasteiger charge is 2.58. The molecule has 3 fully saturated rings. The fraction of sp³-hybridized carbons (Fsp3) is 0.789. The zero-order chi connectivity index (χ0) is 16.2. The SMILES string of the molecule is CC(=O)O[C@H]1CC[C@H]2[C@@H]3CC[C@H]4OC(=O)C=C[C@@H]4[C@H]3CC[C@]12C. The Morgan fingerprint density at radius 1 is 1.22 bits per heavy atom. The van der Waals surface area contributed by atoms with E-state index in [0.29, 0.717) is 23.7 Å². The number of esters is 2. The molecule has 4 nitrogen and oxygen atoms in total. The Morgan fingerprint density at radius 2 is 2.04 bits per heavy atom. The summed E-state index contributed by atoms with van der Waals surface area (Å²) in [6, 6.07) is 0. The van der Waals surface area contributed by atoms with Gasteiger partial charge in [0.05, 0.1) is 0 Å². The first-order chi connectivity index (χ1) is 11.0. The minimum absolute atomic E-state index is 0.0865. The van der Waals surface area contributed by atoms with Gasteiger partial charge in [-0.05, 0) is 56.3 Å². The molecule has 0 saturated heterocycles. The van der Waals surface area contributed by atoms with Gasteiger partial charge in [-0.25, -0.2) is 4.79 Å². The third-order valence-electron chi connectivity index (χ3n) is 7.14. The first-order valence-corrected chi connectivity index (χ1v) is 9.05. The molecule has 126 valence electrons. The lowest BCUT2D eigenvalue weighted by molar-refractivity contribution is -0.161. The molecule has 0 N–H and O–H groups in total. The standard InChI is InChI=1S/C19H26O4/c1-11(20)22-17-7-5-15-13-3-6-16-14(4-8-18(21)23-16)12(13)9-10-19(15,17)2/h4,8,12-17H,3,5-7,9-10H2,1-2H3/t12-,13+,14+,15-,16+,17-,19-/m0/s1. The quantitative estimate of drug-likeness (QED) is 0.696. The van der Waals surface area contributed by atoms with Crippen molar-refractivity contribution in [2.75, 3.05) is 0 Å². The van der Waals surface area contributed by atoms with Gasteiger partial charge in [0.1, 0.15) is 12.2 Å². The Balaban J connectivity index is 1.57. The third kappa shape index (κ3) is 2.33. The van der Waals surface area contributed by atoms with E-state index < -0.39 is 0 Å². The van der Waals surface area contributed by atoms with Crippen molar-refractivity contribution in [3.63, 3.8) is 0 Å². The van der Waals surface area contributed by atoms with Crippen molar-refractivity contribution in [2.24, 2.45) is 29.1 Å². The summed E-state index contributed by atoms with van der Waals surface area (Å²) < 4.78 is 11.2. The zero-order valence-electron chi connectivity index (χ0n) is 14.0. The van der Waals surface area contributed by atoms with Crippen molar-refractivity contribution < 1.29 is 19.1 Å². The first kappa shape index (κ1) is 15.2. The smallest absolute Gasteiger partial charge is 0.330 e. The molecule has 3 saturated carbocycles. The van der Waals surface area contributed by atoms with Crippen LogP contribution >= 0.6 is 0 Å². The summed E-state index contributed by atoms with van der Waals surface area (Å²) in [6.07, 6.45) is 10.4. The highest BCUT2D eigenvalue weighted by atomic mass is 16.5. The van der Waals surface area contributed by atoms with Gasteiger partial charge in [-0.15, -0.1) is 0 Å². The molecule has 1 aliphatic heterocycles. The summed E-state index contributed by atoms with van der Waals surface area (Å²) in [7, 11) is 0. The molecule has 4 aliphatic rings. The van der Waals surface area contributed by atoms with Crippen molar-refractivity contribution in [2.45, 2.75) is 64.6 Å². The van der Waals surface area contributed by atoms with E-state index in [2.05, 4.69) is 13.0 Å². The van der Waals surface area contributed by atoms with Crippen molar-refractivity contribution in [3.8, 4) is 0 Å². The minimum atomic E-state index is -0.180. The maximum Gasteiger partial charge on any atom is 0.330 e. The van der Waals surface area contributed by atoms with Crippen LogP contribution in [0.2, 0.25) is 0 Å². The molecular formula is C19H26O4. The van der Waals surface area contributed by atoms with E-state index >= 15 is 0 Å². The molecule has 0 amide bonds. The fourth-order valence-electron chi connectivity index (χ4n) is 6.16. The van der Waals surface area contributed by atoms with E-state index in [1.165, 1.54) is 6.92 Å². The Hall–Kier alpha value is -1.32. The Morgan fingerprint density at radius 3 is 2.83 bits per heavy atom.